The lowest BCUT2D eigenvalue weighted by Crippen LogP contribution is -2.12. The van der Waals surface area contributed by atoms with Crippen molar-refractivity contribution in [2.24, 2.45) is 0 Å². The third kappa shape index (κ3) is 3.26. The van der Waals surface area contributed by atoms with E-state index >= 15 is 0 Å². The highest BCUT2D eigenvalue weighted by atomic mass is 35.5. The Hall–Kier alpha value is -1.43. The number of fused-ring (bicyclic) bond motifs is 1. The largest absolute Gasteiger partial charge is 0.467 e. The molecule has 0 fully saturated rings. The fraction of sp³-hybridized carbons (Fsp3) is 0.200. The summed E-state index contributed by atoms with van der Waals surface area (Å²) in [6.07, 6.45) is 0. The first-order chi connectivity index (χ1) is 10.1. The zero-order chi connectivity index (χ0) is 14.8. The Morgan fingerprint density at radius 1 is 1.29 bits per heavy atom. The molecule has 1 aliphatic rings. The first-order valence-corrected chi connectivity index (χ1v) is 7.69. The van der Waals surface area contributed by atoms with E-state index in [1.807, 2.05) is 12.1 Å². The molecule has 0 saturated carbocycles. The van der Waals surface area contributed by atoms with Gasteiger partial charge in [0.1, 0.15) is 11.6 Å². The Bertz CT molecular complexity index is 681. The van der Waals surface area contributed by atoms with E-state index in [1.54, 1.807) is 12.1 Å². The van der Waals surface area contributed by atoms with E-state index in [0.717, 1.165) is 21.8 Å². The van der Waals surface area contributed by atoms with Gasteiger partial charge in [0, 0.05) is 26.8 Å². The molecule has 0 unspecified atom stereocenters. The molecule has 0 radical (unpaired) electrons. The number of halogens is 2. The quantitative estimate of drug-likeness (QED) is 0.678. The van der Waals surface area contributed by atoms with Gasteiger partial charge in [0.25, 0.3) is 0 Å². The Morgan fingerprint density at radius 2 is 2.14 bits per heavy atom. The highest BCUT2D eigenvalue weighted by Crippen LogP contribution is 2.35. The third-order valence-corrected chi connectivity index (χ3v) is 4.38. The molecule has 1 heterocycles. The standard InChI is InChI=1S/C15H13ClFNO2S/c16-11-3-9-6-19-8-20-15(9)10(4-11)7-21-12-1-2-14(18)13(17)5-12/h1-5H,6-8,18H2. The van der Waals surface area contributed by atoms with Gasteiger partial charge in [-0.3, -0.25) is 0 Å². The number of ether oxygens (including phenoxy) is 2. The lowest BCUT2D eigenvalue weighted by molar-refractivity contribution is -0.0168. The van der Waals surface area contributed by atoms with E-state index in [-0.39, 0.29) is 12.5 Å². The van der Waals surface area contributed by atoms with Crippen LogP contribution >= 0.6 is 23.4 Å². The summed E-state index contributed by atoms with van der Waals surface area (Å²) < 4.78 is 24.2. The molecule has 2 N–H and O–H groups in total. The van der Waals surface area contributed by atoms with E-state index in [2.05, 4.69) is 0 Å². The lowest BCUT2D eigenvalue weighted by Gasteiger charge is -2.21. The second kappa shape index (κ2) is 6.13. The zero-order valence-corrected chi connectivity index (χ0v) is 12.6. The van der Waals surface area contributed by atoms with Crippen molar-refractivity contribution in [3.63, 3.8) is 0 Å². The minimum absolute atomic E-state index is 0.153. The molecule has 0 saturated heterocycles. The fourth-order valence-corrected chi connectivity index (χ4v) is 3.27. The summed E-state index contributed by atoms with van der Waals surface area (Å²) in [5.41, 5.74) is 7.54. The second-order valence-electron chi connectivity index (χ2n) is 4.64. The molecular weight excluding hydrogens is 313 g/mol. The van der Waals surface area contributed by atoms with Gasteiger partial charge in [-0.15, -0.1) is 11.8 Å². The maximum atomic E-state index is 13.4. The molecule has 3 rings (SSSR count). The van der Waals surface area contributed by atoms with Crippen LogP contribution in [-0.2, 0) is 17.1 Å². The minimum Gasteiger partial charge on any atom is -0.467 e. The van der Waals surface area contributed by atoms with Crippen LogP contribution in [0.4, 0.5) is 10.1 Å². The number of anilines is 1. The van der Waals surface area contributed by atoms with Crippen molar-refractivity contribution in [2.45, 2.75) is 17.3 Å². The number of nitrogens with two attached hydrogens (primary N) is 1. The smallest absolute Gasteiger partial charge is 0.189 e. The van der Waals surface area contributed by atoms with Crippen molar-refractivity contribution in [3.05, 3.63) is 52.3 Å². The van der Waals surface area contributed by atoms with Gasteiger partial charge in [-0.1, -0.05) is 11.6 Å². The summed E-state index contributed by atoms with van der Waals surface area (Å²) in [5.74, 6) is 1.04. The summed E-state index contributed by atoms with van der Waals surface area (Å²) in [6.45, 7) is 0.729. The summed E-state index contributed by atoms with van der Waals surface area (Å²) in [6, 6.07) is 8.50. The molecule has 0 aromatic heterocycles. The van der Waals surface area contributed by atoms with Crippen LogP contribution in [0, 0.1) is 5.82 Å². The molecular formula is C15H13ClFNO2S. The number of rotatable bonds is 3. The number of benzene rings is 2. The average molecular weight is 326 g/mol. The monoisotopic (exact) mass is 325 g/mol. The molecule has 0 amide bonds. The summed E-state index contributed by atoms with van der Waals surface area (Å²) >= 11 is 7.62. The van der Waals surface area contributed by atoms with Crippen LogP contribution in [0.2, 0.25) is 5.02 Å². The number of thioether (sulfide) groups is 1. The Kier molecular flexibility index (Phi) is 4.24. The molecule has 0 bridgehead atoms. The SMILES string of the molecule is Nc1ccc(SCc2cc(Cl)cc3c2OCOC3)cc1F. The maximum absolute atomic E-state index is 13.4. The number of nitrogen functional groups attached to an aromatic ring is 1. The van der Waals surface area contributed by atoms with Crippen LogP contribution in [0.5, 0.6) is 5.75 Å². The van der Waals surface area contributed by atoms with Gasteiger partial charge in [-0.2, -0.15) is 0 Å². The van der Waals surface area contributed by atoms with Gasteiger partial charge in [0.2, 0.25) is 0 Å². The summed E-state index contributed by atoms with van der Waals surface area (Å²) in [5, 5.41) is 0.641. The van der Waals surface area contributed by atoms with E-state index in [9.17, 15) is 4.39 Å². The molecule has 0 spiro atoms. The molecule has 2 aromatic rings. The lowest BCUT2D eigenvalue weighted by atomic mass is 10.1. The van der Waals surface area contributed by atoms with Crippen LogP contribution in [0.15, 0.2) is 35.2 Å². The molecule has 110 valence electrons. The molecule has 0 atom stereocenters. The topological polar surface area (TPSA) is 44.5 Å². The molecule has 3 nitrogen and oxygen atoms in total. The van der Waals surface area contributed by atoms with Gasteiger partial charge in [0.15, 0.2) is 6.79 Å². The van der Waals surface area contributed by atoms with E-state index in [4.69, 9.17) is 26.8 Å². The minimum atomic E-state index is -0.405. The van der Waals surface area contributed by atoms with E-state index in [0.29, 0.717) is 17.4 Å². The Balaban J connectivity index is 1.81. The predicted molar refractivity (Wildman–Crippen MR) is 82.1 cm³/mol. The molecule has 0 aliphatic carbocycles. The van der Waals surface area contributed by atoms with Gasteiger partial charge in [0.05, 0.1) is 12.3 Å². The first kappa shape index (κ1) is 14.5. The third-order valence-electron chi connectivity index (χ3n) is 3.12. The summed E-state index contributed by atoms with van der Waals surface area (Å²) in [7, 11) is 0. The van der Waals surface area contributed by atoms with Gasteiger partial charge >= 0.3 is 0 Å². The van der Waals surface area contributed by atoms with Crippen molar-refractivity contribution in [1.82, 2.24) is 0 Å². The van der Waals surface area contributed by atoms with Gasteiger partial charge in [-0.25, -0.2) is 4.39 Å². The van der Waals surface area contributed by atoms with Gasteiger partial charge < -0.3 is 15.2 Å². The summed E-state index contributed by atoms with van der Waals surface area (Å²) in [4.78, 5) is 0.808. The Morgan fingerprint density at radius 3 is 2.95 bits per heavy atom. The van der Waals surface area contributed by atoms with Gasteiger partial charge in [-0.05, 0) is 30.3 Å². The van der Waals surface area contributed by atoms with Crippen LogP contribution in [0.3, 0.4) is 0 Å². The van der Waals surface area contributed by atoms with Crippen LogP contribution in [-0.4, -0.2) is 6.79 Å². The van der Waals surface area contributed by atoms with Crippen LogP contribution < -0.4 is 10.5 Å². The van der Waals surface area contributed by atoms with Crippen LogP contribution in [0.1, 0.15) is 11.1 Å². The van der Waals surface area contributed by atoms with E-state index < -0.39 is 5.82 Å². The van der Waals surface area contributed by atoms with Crippen molar-refractivity contribution in [1.29, 1.82) is 0 Å². The fourth-order valence-electron chi connectivity index (χ4n) is 2.12. The predicted octanol–water partition coefficient (Wildman–Crippen LogP) is 4.22. The first-order valence-electron chi connectivity index (χ1n) is 6.33. The Labute approximate surface area is 131 Å². The van der Waals surface area contributed by atoms with Crippen molar-refractivity contribution >= 4 is 29.1 Å². The van der Waals surface area contributed by atoms with Crippen molar-refractivity contribution in [3.8, 4) is 5.75 Å². The van der Waals surface area contributed by atoms with Crippen LogP contribution in [0.25, 0.3) is 0 Å². The molecule has 2 aromatic carbocycles. The number of hydrogen-bond acceptors (Lipinski definition) is 4. The van der Waals surface area contributed by atoms with Crippen molar-refractivity contribution in [2.75, 3.05) is 12.5 Å². The average Bonchev–Trinajstić information content (AvgIpc) is 2.48. The van der Waals surface area contributed by atoms with E-state index in [1.165, 1.54) is 17.8 Å². The van der Waals surface area contributed by atoms with Crippen molar-refractivity contribution < 1.29 is 13.9 Å². The number of hydrogen-bond donors (Lipinski definition) is 1. The normalized spacial score (nSPS) is 13.6. The molecule has 1 aliphatic heterocycles. The molecule has 6 heteroatoms. The zero-order valence-electron chi connectivity index (χ0n) is 11.1. The maximum Gasteiger partial charge on any atom is 0.189 e. The highest BCUT2D eigenvalue weighted by Gasteiger charge is 2.16. The molecule has 21 heavy (non-hydrogen) atoms. The second-order valence-corrected chi connectivity index (χ2v) is 6.12. The highest BCUT2D eigenvalue weighted by molar-refractivity contribution is 7.98.